The molecule has 2 aromatic carbocycles. The van der Waals surface area contributed by atoms with Gasteiger partial charge in [0.15, 0.2) is 0 Å². The number of para-hydroxylation sites is 1. The number of fused-ring (bicyclic) bond motifs is 1. The fourth-order valence-corrected chi connectivity index (χ4v) is 2.33. The lowest BCUT2D eigenvalue weighted by Crippen LogP contribution is -2.20. The van der Waals surface area contributed by atoms with Gasteiger partial charge in [-0.3, -0.25) is 0 Å². The average Bonchev–Trinajstić information content (AvgIpc) is 2.42. The Morgan fingerprint density at radius 1 is 1.21 bits per heavy atom. The van der Waals surface area contributed by atoms with Gasteiger partial charge in [0.2, 0.25) is 0 Å². The first-order valence-corrected chi connectivity index (χ1v) is 6.27. The van der Waals surface area contributed by atoms with Crippen LogP contribution < -0.4 is 15.8 Å². The Hall–Kier alpha value is -2.23. The Balaban J connectivity index is 1.88. The smallest absolute Gasteiger partial charge is 0.148 e. The molecule has 0 saturated carbocycles. The van der Waals surface area contributed by atoms with Crippen molar-refractivity contribution in [1.29, 1.82) is 0 Å². The third-order valence-electron chi connectivity index (χ3n) is 3.28. The van der Waals surface area contributed by atoms with E-state index in [1.807, 2.05) is 24.3 Å². The van der Waals surface area contributed by atoms with E-state index in [9.17, 15) is 4.39 Å². The minimum atomic E-state index is -0.330. The molecule has 1 aliphatic heterocycles. The van der Waals surface area contributed by atoms with E-state index in [4.69, 9.17) is 10.5 Å². The largest absolute Gasteiger partial charge is 0.493 e. The van der Waals surface area contributed by atoms with Crippen LogP contribution in [0, 0.1) is 5.82 Å². The Morgan fingerprint density at radius 3 is 2.89 bits per heavy atom. The number of nitrogens with two attached hydrogens (primary N) is 1. The molecule has 19 heavy (non-hydrogen) atoms. The van der Waals surface area contributed by atoms with Gasteiger partial charge in [0.05, 0.1) is 18.3 Å². The van der Waals surface area contributed by atoms with Crippen LogP contribution in [0.3, 0.4) is 0 Å². The van der Waals surface area contributed by atoms with E-state index in [1.54, 1.807) is 12.1 Å². The van der Waals surface area contributed by atoms with Crippen LogP contribution in [0.15, 0.2) is 42.5 Å². The second-order valence-electron chi connectivity index (χ2n) is 4.61. The van der Waals surface area contributed by atoms with Crippen LogP contribution >= 0.6 is 0 Å². The third-order valence-corrected chi connectivity index (χ3v) is 3.28. The van der Waals surface area contributed by atoms with Crippen LogP contribution in [0.25, 0.3) is 0 Å². The second-order valence-corrected chi connectivity index (χ2v) is 4.61. The molecule has 1 heterocycles. The van der Waals surface area contributed by atoms with Crippen LogP contribution in [0.4, 0.5) is 15.8 Å². The predicted molar refractivity (Wildman–Crippen MR) is 73.7 cm³/mol. The Labute approximate surface area is 111 Å². The fourth-order valence-electron chi connectivity index (χ4n) is 2.33. The van der Waals surface area contributed by atoms with Gasteiger partial charge in [-0.25, -0.2) is 4.39 Å². The van der Waals surface area contributed by atoms with Gasteiger partial charge in [-0.1, -0.05) is 18.2 Å². The van der Waals surface area contributed by atoms with E-state index < -0.39 is 0 Å². The van der Waals surface area contributed by atoms with E-state index in [2.05, 4.69) is 5.32 Å². The molecule has 0 aromatic heterocycles. The SMILES string of the molecule is Nc1ccc(NC2CCOc3ccccc32)c(F)c1. The summed E-state index contributed by atoms with van der Waals surface area (Å²) in [5.74, 6) is 0.533. The van der Waals surface area contributed by atoms with Gasteiger partial charge in [0.25, 0.3) is 0 Å². The Bertz CT molecular complexity index is 600. The van der Waals surface area contributed by atoms with Gasteiger partial charge in [-0.15, -0.1) is 0 Å². The van der Waals surface area contributed by atoms with Gasteiger partial charge < -0.3 is 15.8 Å². The molecule has 98 valence electrons. The quantitative estimate of drug-likeness (QED) is 0.812. The molecule has 0 spiro atoms. The molecule has 0 amide bonds. The first-order chi connectivity index (χ1) is 9.24. The second kappa shape index (κ2) is 4.80. The van der Waals surface area contributed by atoms with E-state index >= 15 is 0 Å². The number of nitrogen functional groups attached to an aromatic ring is 1. The van der Waals surface area contributed by atoms with Gasteiger partial charge in [-0.2, -0.15) is 0 Å². The molecule has 1 aliphatic rings. The minimum Gasteiger partial charge on any atom is -0.493 e. The molecule has 3 rings (SSSR count). The molecule has 0 aliphatic carbocycles. The van der Waals surface area contributed by atoms with Crippen molar-refractivity contribution in [2.45, 2.75) is 12.5 Å². The van der Waals surface area contributed by atoms with Gasteiger partial charge in [0.1, 0.15) is 11.6 Å². The van der Waals surface area contributed by atoms with E-state index in [0.29, 0.717) is 18.0 Å². The summed E-state index contributed by atoms with van der Waals surface area (Å²) in [6.07, 6.45) is 0.806. The van der Waals surface area contributed by atoms with Gasteiger partial charge in [0, 0.05) is 17.7 Å². The van der Waals surface area contributed by atoms with E-state index in [1.165, 1.54) is 6.07 Å². The van der Waals surface area contributed by atoms with Gasteiger partial charge in [-0.05, 0) is 24.3 Å². The van der Waals surface area contributed by atoms with E-state index in [-0.39, 0.29) is 11.9 Å². The zero-order chi connectivity index (χ0) is 13.2. The molecular formula is C15H15FN2O. The Morgan fingerprint density at radius 2 is 2.05 bits per heavy atom. The summed E-state index contributed by atoms with van der Waals surface area (Å²) >= 11 is 0. The maximum atomic E-state index is 13.8. The number of rotatable bonds is 2. The number of anilines is 2. The molecule has 3 nitrogen and oxygen atoms in total. The van der Waals surface area contributed by atoms with Crippen LogP contribution in [0.5, 0.6) is 5.75 Å². The highest BCUT2D eigenvalue weighted by Gasteiger charge is 2.21. The molecule has 4 heteroatoms. The van der Waals surface area contributed by atoms with Crippen LogP contribution in [-0.2, 0) is 0 Å². The molecule has 0 fully saturated rings. The number of benzene rings is 2. The summed E-state index contributed by atoms with van der Waals surface area (Å²) in [5, 5.41) is 3.22. The molecule has 2 aromatic rings. The van der Waals surface area contributed by atoms with Crippen molar-refractivity contribution >= 4 is 11.4 Å². The highest BCUT2D eigenvalue weighted by atomic mass is 19.1. The van der Waals surface area contributed by atoms with Crippen molar-refractivity contribution in [2.24, 2.45) is 0 Å². The molecule has 3 N–H and O–H groups in total. The lowest BCUT2D eigenvalue weighted by Gasteiger charge is -2.27. The van der Waals surface area contributed by atoms with Crippen molar-refractivity contribution in [2.75, 3.05) is 17.7 Å². The number of nitrogens with one attached hydrogen (secondary N) is 1. The first-order valence-electron chi connectivity index (χ1n) is 6.27. The van der Waals surface area contributed by atoms with Crippen molar-refractivity contribution in [3.63, 3.8) is 0 Å². The molecule has 0 bridgehead atoms. The standard InChI is InChI=1S/C15H15FN2O/c16-12-9-10(17)5-6-14(12)18-13-7-8-19-15-4-2-1-3-11(13)15/h1-6,9,13,18H,7-8,17H2. The number of halogens is 1. The minimum absolute atomic E-state index is 0.0584. The Kier molecular flexibility index (Phi) is 2.99. The summed E-state index contributed by atoms with van der Waals surface area (Å²) in [5.41, 5.74) is 7.50. The highest BCUT2D eigenvalue weighted by molar-refractivity contribution is 5.54. The first kappa shape index (κ1) is 11.8. The van der Waals surface area contributed by atoms with Crippen molar-refractivity contribution < 1.29 is 9.13 Å². The summed E-state index contributed by atoms with van der Waals surface area (Å²) in [6, 6.07) is 12.6. The highest BCUT2D eigenvalue weighted by Crippen LogP contribution is 2.34. The fraction of sp³-hybridized carbons (Fsp3) is 0.200. The maximum Gasteiger partial charge on any atom is 0.148 e. The van der Waals surface area contributed by atoms with Crippen LogP contribution in [0.2, 0.25) is 0 Å². The lowest BCUT2D eigenvalue weighted by molar-refractivity contribution is 0.274. The number of hydrogen-bond acceptors (Lipinski definition) is 3. The summed E-state index contributed by atoms with van der Waals surface area (Å²) in [6.45, 7) is 0.630. The third kappa shape index (κ3) is 2.34. The summed E-state index contributed by atoms with van der Waals surface area (Å²) in [4.78, 5) is 0. The number of ether oxygens (including phenoxy) is 1. The summed E-state index contributed by atoms with van der Waals surface area (Å²) in [7, 11) is 0. The predicted octanol–water partition coefficient (Wildman–Crippen LogP) is 3.34. The lowest BCUT2D eigenvalue weighted by atomic mass is 10.0. The maximum absolute atomic E-state index is 13.8. The van der Waals surface area contributed by atoms with E-state index in [0.717, 1.165) is 17.7 Å². The van der Waals surface area contributed by atoms with Crippen LogP contribution in [0.1, 0.15) is 18.0 Å². The molecule has 1 unspecified atom stereocenters. The normalized spacial score (nSPS) is 17.4. The molecular weight excluding hydrogens is 243 g/mol. The van der Waals surface area contributed by atoms with Crippen molar-refractivity contribution in [1.82, 2.24) is 0 Å². The van der Waals surface area contributed by atoms with Crippen LogP contribution in [-0.4, -0.2) is 6.61 Å². The topological polar surface area (TPSA) is 47.3 Å². The van der Waals surface area contributed by atoms with Crippen molar-refractivity contribution in [3.05, 3.63) is 53.8 Å². The zero-order valence-corrected chi connectivity index (χ0v) is 10.4. The molecule has 0 radical (unpaired) electrons. The number of hydrogen-bond donors (Lipinski definition) is 2. The van der Waals surface area contributed by atoms with Gasteiger partial charge >= 0.3 is 0 Å². The average molecular weight is 258 g/mol. The molecule has 1 atom stereocenters. The molecule has 0 saturated heterocycles. The summed E-state index contributed by atoms with van der Waals surface area (Å²) < 4.78 is 19.4. The zero-order valence-electron chi connectivity index (χ0n) is 10.4. The van der Waals surface area contributed by atoms with Crippen molar-refractivity contribution in [3.8, 4) is 5.75 Å². The monoisotopic (exact) mass is 258 g/mol.